The van der Waals surface area contributed by atoms with Gasteiger partial charge in [0, 0.05) is 18.0 Å². The number of halogens is 1. The summed E-state index contributed by atoms with van der Waals surface area (Å²) in [7, 11) is 0. The van der Waals surface area contributed by atoms with E-state index in [4.69, 9.17) is 0 Å². The topological polar surface area (TPSA) is 30.0 Å². The molecule has 2 aromatic rings. The molecule has 0 atom stereocenters. The molecule has 16 heavy (non-hydrogen) atoms. The third kappa shape index (κ3) is 1.98. The van der Waals surface area contributed by atoms with Crippen molar-refractivity contribution < 1.29 is 9.18 Å². The molecule has 3 heteroatoms. The molecule has 2 nitrogen and oxygen atoms in total. The van der Waals surface area contributed by atoms with Crippen LogP contribution >= 0.6 is 0 Å². The molecule has 0 unspecified atom stereocenters. The monoisotopic (exact) mass is 215 g/mol. The number of aromatic nitrogens is 1. The van der Waals surface area contributed by atoms with Crippen molar-refractivity contribution in [2.45, 2.75) is 6.92 Å². The highest BCUT2D eigenvalue weighted by atomic mass is 19.1. The van der Waals surface area contributed by atoms with Crippen LogP contribution in [-0.2, 0) is 0 Å². The molecular formula is C13H10FNO. The summed E-state index contributed by atoms with van der Waals surface area (Å²) in [5.74, 6) is -0.501. The van der Waals surface area contributed by atoms with Gasteiger partial charge in [0.2, 0.25) is 0 Å². The highest BCUT2D eigenvalue weighted by Crippen LogP contribution is 2.21. The maximum Gasteiger partial charge on any atom is 0.153 e. The van der Waals surface area contributed by atoms with Crippen LogP contribution in [0.25, 0.3) is 11.1 Å². The van der Waals surface area contributed by atoms with Crippen LogP contribution < -0.4 is 0 Å². The lowest BCUT2D eigenvalue weighted by Crippen LogP contribution is -1.89. The fourth-order valence-corrected chi connectivity index (χ4v) is 1.53. The third-order valence-corrected chi connectivity index (χ3v) is 2.33. The number of benzene rings is 1. The fourth-order valence-electron chi connectivity index (χ4n) is 1.53. The molecule has 0 fully saturated rings. The summed E-state index contributed by atoms with van der Waals surface area (Å²) in [6.07, 6.45) is 3.95. The molecule has 0 bridgehead atoms. The average Bonchev–Trinajstić information content (AvgIpc) is 2.29. The molecule has 0 amide bonds. The minimum absolute atomic E-state index is 0.0685. The Morgan fingerprint density at radius 1 is 1.19 bits per heavy atom. The van der Waals surface area contributed by atoms with Gasteiger partial charge in [-0.3, -0.25) is 9.78 Å². The molecule has 1 aromatic heterocycles. The summed E-state index contributed by atoms with van der Waals surface area (Å²) in [5, 5.41) is 0. The zero-order valence-electron chi connectivity index (χ0n) is 8.77. The number of carbonyl (C=O) groups excluding carboxylic acids is 1. The van der Waals surface area contributed by atoms with Gasteiger partial charge in [-0.25, -0.2) is 4.39 Å². The molecule has 0 N–H and O–H groups in total. The van der Waals surface area contributed by atoms with Gasteiger partial charge < -0.3 is 0 Å². The smallest absolute Gasteiger partial charge is 0.153 e. The van der Waals surface area contributed by atoms with Crippen molar-refractivity contribution >= 4 is 6.29 Å². The second-order valence-electron chi connectivity index (χ2n) is 3.61. The highest BCUT2D eigenvalue weighted by Gasteiger charge is 2.04. The van der Waals surface area contributed by atoms with Crippen LogP contribution in [0.5, 0.6) is 0 Å². The van der Waals surface area contributed by atoms with E-state index in [-0.39, 0.29) is 5.56 Å². The molecule has 0 radical (unpaired) electrons. The molecule has 80 valence electrons. The lowest BCUT2D eigenvalue weighted by Gasteiger charge is -2.03. The van der Waals surface area contributed by atoms with Gasteiger partial charge in [-0.2, -0.15) is 0 Å². The number of aldehydes is 1. The summed E-state index contributed by atoms with van der Waals surface area (Å²) in [6.45, 7) is 1.93. The average molecular weight is 215 g/mol. The van der Waals surface area contributed by atoms with E-state index in [0.29, 0.717) is 6.29 Å². The number of hydrogen-bond acceptors (Lipinski definition) is 2. The van der Waals surface area contributed by atoms with Crippen LogP contribution in [0.2, 0.25) is 0 Å². The van der Waals surface area contributed by atoms with E-state index in [1.54, 1.807) is 18.5 Å². The number of aryl methyl sites for hydroxylation is 1. The van der Waals surface area contributed by atoms with Gasteiger partial charge in [-0.15, -0.1) is 0 Å². The third-order valence-electron chi connectivity index (χ3n) is 2.33. The van der Waals surface area contributed by atoms with Crippen LogP contribution in [-0.4, -0.2) is 11.3 Å². The first-order valence-electron chi connectivity index (χ1n) is 4.87. The summed E-state index contributed by atoms with van der Waals surface area (Å²) >= 11 is 0. The van der Waals surface area contributed by atoms with Crippen LogP contribution in [0.3, 0.4) is 0 Å². The van der Waals surface area contributed by atoms with E-state index in [9.17, 15) is 9.18 Å². The van der Waals surface area contributed by atoms with Gasteiger partial charge in [0.05, 0.1) is 5.56 Å². The Labute approximate surface area is 92.8 Å². The summed E-state index contributed by atoms with van der Waals surface area (Å²) < 4.78 is 13.1. The Morgan fingerprint density at radius 2 is 2.00 bits per heavy atom. The number of carbonyl (C=O) groups is 1. The van der Waals surface area contributed by atoms with E-state index >= 15 is 0 Å². The van der Waals surface area contributed by atoms with Crippen molar-refractivity contribution in [1.29, 1.82) is 0 Å². The molecular weight excluding hydrogens is 205 g/mol. The predicted octanol–water partition coefficient (Wildman–Crippen LogP) is 3.01. The van der Waals surface area contributed by atoms with Gasteiger partial charge in [0.25, 0.3) is 0 Å². The molecule has 2 rings (SSSR count). The highest BCUT2D eigenvalue weighted by molar-refractivity contribution is 5.79. The molecule has 0 aliphatic carbocycles. The molecule has 0 aliphatic heterocycles. The van der Waals surface area contributed by atoms with Crippen molar-refractivity contribution in [2.24, 2.45) is 0 Å². The second-order valence-corrected chi connectivity index (χ2v) is 3.61. The number of nitrogens with zero attached hydrogens (tertiary/aromatic N) is 1. The molecule has 0 saturated carbocycles. The lowest BCUT2D eigenvalue weighted by molar-refractivity contribution is 0.112. The molecule has 0 aliphatic rings. The van der Waals surface area contributed by atoms with Crippen molar-refractivity contribution in [3.8, 4) is 11.1 Å². The Hall–Kier alpha value is -2.03. The number of pyridine rings is 1. The largest absolute Gasteiger partial charge is 0.298 e. The Balaban J connectivity index is 2.52. The zero-order chi connectivity index (χ0) is 11.5. The normalized spacial score (nSPS) is 10.1. The van der Waals surface area contributed by atoms with Crippen LogP contribution in [0.4, 0.5) is 4.39 Å². The van der Waals surface area contributed by atoms with Crippen LogP contribution in [0, 0.1) is 12.7 Å². The van der Waals surface area contributed by atoms with Gasteiger partial charge in [-0.1, -0.05) is 6.07 Å². The van der Waals surface area contributed by atoms with Crippen molar-refractivity contribution in [3.63, 3.8) is 0 Å². The zero-order valence-corrected chi connectivity index (χ0v) is 8.77. The Bertz CT molecular complexity index is 537. The molecule has 1 aromatic carbocycles. The van der Waals surface area contributed by atoms with E-state index in [1.807, 2.05) is 13.0 Å². The minimum atomic E-state index is -0.501. The van der Waals surface area contributed by atoms with Crippen molar-refractivity contribution in [1.82, 2.24) is 4.98 Å². The summed E-state index contributed by atoms with van der Waals surface area (Å²) in [4.78, 5) is 14.7. The van der Waals surface area contributed by atoms with Crippen molar-refractivity contribution in [3.05, 3.63) is 53.6 Å². The van der Waals surface area contributed by atoms with Gasteiger partial charge in [-0.05, 0) is 36.2 Å². The van der Waals surface area contributed by atoms with Gasteiger partial charge >= 0.3 is 0 Å². The SMILES string of the molecule is Cc1cncc(-c2ccc(F)c(C=O)c2)c1. The minimum Gasteiger partial charge on any atom is -0.298 e. The second kappa shape index (κ2) is 4.23. The first-order valence-corrected chi connectivity index (χ1v) is 4.87. The molecule has 0 spiro atoms. The lowest BCUT2D eigenvalue weighted by atomic mass is 10.0. The number of rotatable bonds is 2. The first-order chi connectivity index (χ1) is 7.70. The van der Waals surface area contributed by atoms with E-state index in [2.05, 4.69) is 4.98 Å². The van der Waals surface area contributed by atoms with Gasteiger partial charge in [0.1, 0.15) is 5.82 Å². The maximum atomic E-state index is 13.1. The van der Waals surface area contributed by atoms with E-state index in [0.717, 1.165) is 16.7 Å². The summed E-state index contributed by atoms with van der Waals surface area (Å²) in [5.41, 5.74) is 2.76. The molecule has 0 saturated heterocycles. The fraction of sp³-hybridized carbons (Fsp3) is 0.0769. The van der Waals surface area contributed by atoms with Gasteiger partial charge in [0.15, 0.2) is 6.29 Å². The van der Waals surface area contributed by atoms with E-state index < -0.39 is 5.82 Å². The maximum absolute atomic E-state index is 13.1. The van der Waals surface area contributed by atoms with Crippen LogP contribution in [0.15, 0.2) is 36.7 Å². The Morgan fingerprint density at radius 3 is 2.69 bits per heavy atom. The predicted molar refractivity (Wildman–Crippen MR) is 59.8 cm³/mol. The standard InChI is InChI=1S/C13H10FNO/c1-9-4-11(7-15-6-9)10-2-3-13(14)12(5-10)8-16/h2-8H,1H3. The van der Waals surface area contributed by atoms with Crippen molar-refractivity contribution in [2.75, 3.05) is 0 Å². The molecule has 1 heterocycles. The van der Waals surface area contributed by atoms with E-state index in [1.165, 1.54) is 12.1 Å². The summed E-state index contributed by atoms with van der Waals surface area (Å²) in [6, 6.07) is 6.40. The Kier molecular flexibility index (Phi) is 2.77. The van der Waals surface area contributed by atoms with Crippen LogP contribution in [0.1, 0.15) is 15.9 Å². The quantitative estimate of drug-likeness (QED) is 0.721. The first kappa shape index (κ1) is 10.5. The number of hydrogen-bond donors (Lipinski definition) is 0.